The molecular formula is C20H27IN4O. The fraction of sp³-hybridized carbons (Fsp3) is 0.300. The molecule has 0 aromatic heterocycles. The van der Waals surface area contributed by atoms with Crippen LogP contribution in [0.1, 0.15) is 37.8 Å². The molecule has 0 bridgehead atoms. The molecule has 0 unspecified atom stereocenters. The Kier molecular flexibility index (Phi) is 9.12. The number of benzene rings is 2. The van der Waals surface area contributed by atoms with Crippen molar-refractivity contribution in [1.82, 2.24) is 0 Å². The Balaban J connectivity index is 0.00000338. The van der Waals surface area contributed by atoms with Crippen LogP contribution in [0.15, 0.2) is 53.5 Å². The summed E-state index contributed by atoms with van der Waals surface area (Å²) in [4.78, 5) is 15.4. The van der Waals surface area contributed by atoms with Crippen molar-refractivity contribution >= 4 is 47.2 Å². The first kappa shape index (κ1) is 22.0. The van der Waals surface area contributed by atoms with Gasteiger partial charge in [-0.3, -0.25) is 9.79 Å². The van der Waals surface area contributed by atoms with E-state index in [9.17, 15) is 4.79 Å². The predicted octanol–water partition coefficient (Wildman–Crippen LogP) is 4.36. The largest absolute Gasteiger partial charge is 0.370 e. The Labute approximate surface area is 172 Å². The van der Waals surface area contributed by atoms with Crippen LogP contribution in [0.4, 0.5) is 11.4 Å². The monoisotopic (exact) mass is 466 g/mol. The number of anilines is 2. The molecule has 2 aromatic rings. The zero-order chi connectivity index (χ0) is 18.2. The average Bonchev–Trinajstić information content (AvgIpc) is 2.56. The molecule has 0 aliphatic heterocycles. The molecule has 5 nitrogen and oxygen atoms in total. The Morgan fingerprint density at radius 2 is 1.77 bits per heavy atom. The third kappa shape index (κ3) is 7.43. The molecule has 2 rings (SSSR count). The molecule has 1 amide bonds. The van der Waals surface area contributed by atoms with Crippen LogP contribution in [0.5, 0.6) is 0 Å². The Morgan fingerprint density at radius 3 is 2.38 bits per heavy atom. The number of rotatable bonds is 6. The van der Waals surface area contributed by atoms with Gasteiger partial charge in [0.05, 0.1) is 0 Å². The SMILES string of the molecule is CC(=O)Nc1ccc(CCN=C(N)Nc2cccc(C(C)C)c2)cc1.I. The van der Waals surface area contributed by atoms with E-state index >= 15 is 0 Å². The van der Waals surface area contributed by atoms with Crippen molar-refractivity contribution in [3.05, 3.63) is 59.7 Å². The number of hydrogen-bond donors (Lipinski definition) is 3. The van der Waals surface area contributed by atoms with Gasteiger partial charge in [-0.05, 0) is 47.7 Å². The minimum atomic E-state index is -0.0715. The summed E-state index contributed by atoms with van der Waals surface area (Å²) in [6.45, 7) is 6.42. The van der Waals surface area contributed by atoms with Gasteiger partial charge in [0.15, 0.2) is 5.96 Å². The lowest BCUT2D eigenvalue weighted by Gasteiger charge is -2.10. The van der Waals surface area contributed by atoms with Gasteiger partial charge in [0.25, 0.3) is 0 Å². The lowest BCUT2D eigenvalue weighted by molar-refractivity contribution is -0.114. The molecule has 0 aliphatic rings. The number of aliphatic imine (C=N–C) groups is 1. The highest BCUT2D eigenvalue weighted by Gasteiger charge is 2.01. The molecule has 6 heteroatoms. The molecule has 4 N–H and O–H groups in total. The second kappa shape index (κ2) is 10.8. The molecule has 0 saturated carbocycles. The predicted molar refractivity (Wildman–Crippen MR) is 121 cm³/mol. The zero-order valence-electron chi connectivity index (χ0n) is 15.5. The number of guanidine groups is 1. The summed E-state index contributed by atoms with van der Waals surface area (Å²) in [5, 5.41) is 5.88. The summed E-state index contributed by atoms with van der Waals surface area (Å²) >= 11 is 0. The number of nitrogens with two attached hydrogens (primary N) is 1. The first-order valence-corrected chi connectivity index (χ1v) is 8.47. The molecular weight excluding hydrogens is 439 g/mol. The highest BCUT2D eigenvalue weighted by atomic mass is 127. The van der Waals surface area contributed by atoms with Gasteiger partial charge in [0, 0.05) is 24.8 Å². The number of amides is 1. The van der Waals surface area contributed by atoms with Gasteiger partial charge < -0.3 is 16.4 Å². The van der Waals surface area contributed by atoms with E-state index in [1.807, 2.05) is 36.4 Å². The average molecular weight is 466 g/mol. The first-order valence-electron chi connectivity index (χ1n) is 8.47. The number of carbonyl (C=O) groups is 1. The van der Waals surface area contributed by atoms with Crippen LogP contribution >= 0.6 is 24.0 Å². The highest BCUT2D eigenvalue weighted by Crippen LogP contribution is 2.18. The standard InChI is InChI=1S/C20H26N4O.HI/c1-14(2)17-5-4-6-19(13-17)24-20(21)22-12-11-16-7-9-18(10-8-16)23-15(3)25;/h4-10,13-14H,11-12H2,1-3H3,(H,23,25)(H3,21,22,24);1H. The summed E-state index contributed by atoms with van der Waals surface area (Å²) in [6.07, 6.45) is 0.786. The summed E-state index contributed by atoms with van der Waals surface area (Å²) in [6, 6.07) is 15.9. The van der Waals surface area contributed by atoms with Crippen LogP contribution in [0.2, 0.25) is 0 Å². The Hall–Kier alpha value is -2.09. The van der Waals surface area contributed by atoms with Gasteiger partial charge in [0.2, 0.25) is 5.91 Å². The third-order valence-corrected chi connectivity index (χ3v) is 3.78. The fourth-order valence-corrected chi connectivity index (χ4v) is 2.43. The van der Waals surface area contributed by atoms with Crippen LogP contribution in [0, 0.1) is 0 Å². The number of hydrogen-bond acceptors (Lipinski definition) is 2. The minimum Gasteiger partial charge on any atom is -0.370 e. The first-order chi connectivity index (χ1) is 11.9. The van der Waals surface area contributed by atoms with Gasteiger partial charge in [-0.2, -0.15) is 0 Å². The Morgan fingerprint density at radius 1 is 1.08 bits per heavy atom. The lowest BCUT2D eigenvalue weighted by atomic mass is 10.0. The summed E-state index contributed by atoms with van der Waals surface area (Å²) < 4.78 is 0. The van der Waals surface area contributed by atoms with Crippen molar-refractivity contribution in [3.63, 3.8) is 0 Å². The fourth-order valence-electron chi connectivity index (χ4n) is 2.43. The van der Waals surface area contributed by atoms with E-state index in [1.54, 1.807) is 0 Å². The van der Waals surface area contributed by atoms with E-state index < -0.39 is 0 Å². The minimum absolute atomic E-state index is 0. The second-order valence-corrected chi connectivity index (χ2v) is 6.30. The van der Waals surface area contributed by atoms with Gasteiger partial charge in [-0.15, -0.1) is 24.0 Å². The molecule has 26 heavy (non-hydrogen) atoms. The van der Waals surface area contributed by atoms with Gasteiger partial charge >= 0.3 is 0 Å². The summed E-state index contributed by atoms with van der Waals surface area (Å²) in [7, 11) is 0. The van der Waals surface area contributed by atoms with E-state index in [-0.39, 0.29) is 29.9 Å². The van der Waals surface area contributed by atoms with Crippen LogP contribution in [0.3, 0.4) is 0 Å². The van der Waals surface area contributed by atoms with Crippen molar-refractivity contribution in [2.24, 2.45) is 10.7 Å². The number of carbonyl (C=O) groups excluding carboxylic acids is 1. The molecule has 0 fully saturated rings. The topological polar surface area (TPSA) is 79.5 Å². The van der Waals surface area contributed by atoms with Crippen LogP contribution in [-0.2, 0) is 11.2 Å². The normalized spacial score (nSPS) is 11.0. The Bertz CT molecular complexity index is 742. The summed E-state index contributed by atoms with van der Waals surface area (Å²) in [5.41, 5.74) is 10.1. The number of nitrogens with one attached hydrogen (secondary N) is 2. The molecule has 0 saturated heterocycles. The quantitative estimate of drug-likeness (QED) is 0.336. The maximum atomic E-state index is 11.0. The molecule has 140 valence electrons. The highest BCUT2D eigenvalue weighted by molar-refractivity contribution is 14.0. The van der Waals surface area contributed by atoms with E-state index in [4.69, 9.17) is 5.73 Å². The van der Waals surface area contributed by atoms with Gasteiger partial charge in [0.1, 0.15) is 0 Å². The second-order valence-electron chi connectivity index (χ2n) is 6.30. The molecule has 0 spiro atoms. The van der Waals surface area contributed by atoms with E-state index in [1.165, 1.54) is 12.5 Å². The molecule has 0 aliphatic carbocycles. The van der Waals surface area contributed by atoms with Crippen LogP contribution in [-0.4, -0.2) is 18.4 Å². The van der Waals surface area contributed by atoms with Crippen molar-refractivity contribution in [2.75, 3.05) is 17.2 Å². The molecule has 0 atom stereocenters. The lowest BCUT2D eigenvalue weighted by Crippen LogP contribution is -2.23. The van der Waals surface area contributed by atoms with Gasteiger partial charge in [-0.25, -0.2) is 0 Å². The maximum Gasteiger partial charge on any atom is 0.221 e. The molecule has 2 aromatic carbocycles. The van der Waals surface area contributed by atoms with Crippen molar-refractivity contribution < 1.29 is 4.79 Å². The number of nitrogens with zero attached hydrogens (tertiary/aromatic N) is 1. The van der Waals surface area contributed by atoms with E-state index in [2.05, 4.69) is 41.6 Å². The van der Waals surface area contributed by atoms with Crippen LogP contribution in [0.25, 0.3) is 0 Å². The third-order valence-electron chi connectivity index (χ3n) is 3.78. The zero-order valence-corrected chi connectivity index (χ0v) is 17.8. The van der Waals surface area contributed by atoms with Gasteiger partial charge in [-0.1, -0.05) is 38.1 Å². The van der Waals surface area contributed by atoms with E-state index in [0.717, 1.165) is 23.4 Å². The van der Waals surface area contributed by atoms with Crippen molar-refractivity contribution in [3.8, 4) is 0 Å². The summed E-state index contributed by atoms with van der Waals surface area (Å²) in [5.74, 6) is 0.814. The van der Waals surface area contributed by atoms with E-state index in [0.29, 0.717) is 18.4 Å². The smallest absolute Gasteiger partial charge is 0.221 e. The number of halogens is 1. The van der Waals surface area contributed by atoms with Crippen molar-refractivity contribution in [2.45, 2.75) is 33.1 Å². The van der Waals surface area contributed by atoms with Crippen molar-refractivity contribution in [1.29, 1.82) is 0 Å². The molecule has 0 heterocycles. The van der Waals surface area contributed by atoms with Crippen LogP contribution < -0.4 is 16.4 Å². The molecule has 0 radical (unpaired) electrons. The maximum absolute atomic E-state index is 11.0.